The maximum atomic E-state index is 15.3. The fourth-order valence-corrected chi connectivity index (χ4v) is 4.33. The van der Waals surface area contributed by atoms with E-state index in [1.165, 1.54) is 39.4 Å². The summed E-state index contributed by atoms with van der Waals surface area (Å²) in [5, 5.41) is 3.12. The van der Waals surface area contributed by atoms with E-state index in [2.05, 4.69) is 15.3 Å². The smallest absolute Gasteiger partial charge is 0.254 e. The number of ether oxygens (including phenoxy) is 2. The van der Waals surface area contributed by atoms with Gasteiger partial charge in [0.25, 0.3) is 5.91 Å². The normalized spacial score (nSPS) is 14.1. The Morgan fingerprint density at radius 1 is 1.16 bits per heavy atom. The van der Waals surface area contributed by atoms with Crippen LogP contribution in [0.25, 0.3) is 11.3 Å². The summed E-state index contributed by atoms with van der Waals surface area (Å²) >= 11 is 0. The Balaban J connectivity index is 1.64. The minimum atomic E-state index is -1.83. The second-order valence-corrected chi connectivity index (χ2v) is 9.31. The van der Waals surface area contributed by atoms with Crippen LogP contribution >= 0.6 is 0 Å². The van der Waals surface area contributed by atoms with Crippen LogP contribution in [0.5, 0.6) is 5.75 Å². The Kier molecular flexibility index (Phi) is 7.40. The fourth-order valence-electron chi connectivity index (χ4n) is 4.33. The van der Waals surface area contributed by atoms with Crippen molar-refractivity contribution in [2.45, 2.75) is 46.0 Å². The molecule has 0 radical (unpaired) electrons. The zero-order valence-corrected chi connectivity index (χ0v) is 21.4. The number of carbonyl (C=O) groups is 1. The third-order valence-corrected chi connectivity index (χ3v) is 6.33. The summed E-state index contributed by atoms with van der Waals surface area (Å²) in [7, 11) is 1.43. The van der Waals surface area contributed by atoms with Crippen LogP contribution in [-0.4, -0.2) is 41.2 Å². The largest absolute Gasteiger partial charge is 0.466 e. The number of pyridine rings is 2. The van der Waals surface area contributed by atoms with E-state index in [1.54, 1.807) is 17.9 Å². The van der Waals surface area contributed by atoms with Gasteiger partial charge in [0.2, 0.25) is 0 Å². The predicted octanol–water partition coefficient (Wildman–Crippen LogP) is 5.76. The fraction of sp³-hybridized carbons (Fsp3) is 0.370. The maximum absolute atomic E-state index is 15.3. The van der Waals surface area contributed by atoms with Crippen LogP contribution in [0.2, 0.25) is 0 Å². The number of alkyl halides is 1. The minimum Gasteiger partial charge on any atom is -0.466 e. The maximum Gasteiger partial charge on any atom is 0.254 e. The van der Waals surface area contributed by atoms with E-state index < -0.39 is 23.3 Å². The summed E-state index contributed by atoms with van der Waals surface area (Å²) in [6.07, 6.45) is 2.78. The van der Waals surface area contributed by atoms with Gasteiger partial charge in [-0.3, -0.25) is 9.78 Å². The Labute approximate surface area is 213 Å². The molecule has 0 saturated carbocycles. The number of methoxy groups -OCH3 is 1. The zero-order valence-electron chi connectivity index (χ0n) is 21.4. The van der Waals surface area contributed by atoms with E-state index in [9.17, 15) is 9.18 Å². The molecule has 0 aliphatic carbocycles. The molecule has 1 atom stereocenters. The number of nitrogens with zero attached hydrogens (tertiary/aromatic N) is 3. The number of hydrogen-bond acceptors (Lipinski definition) is 6. The van der Waals surface area contributed by atoms with Crippen LogP contribution in [0.4, 0.5) is 19.0 Å². The Bertz CT molecular complexity index is 1330. The van der Waals surface area contributed by atoms with Crippen molar-refractivity contribution >= 4 is 11.7 Å². The van der Waals surface area contributed by atoms with Crippen molar-refractivity contribution in [3.63, 3.8) is 0 Å². The molecule has 0 saturated heterocycles. The van der Waals surface area contributed by atoms with Crippen molar-refractivity contribution in [3.05, 3.63) is 70.5 Å². The second kappa shape index (κ2) is 10.4. The lowest BCUT2D eigenvalue weighted by Gasteiger charge is -2.21. The molecule has 37 heavy (non-hydrogen) atoms. The molecular weight excluding hydrogens is 485 g/mol. The molecule has 3 heterocycles. The van der Waals surface area contributed by atoms with E-state index in [4.69, 9.17) is 9.47 Å². The summed E-state index contributed by atoms with van der Waals surface area (Å²) in [5.74, 6) is -0.876. The van der Waals surface area contributed by atoms with Crippen molar-refractivity contribution in [3.8, 4) is 17.0 Å². The third-order valence-electron chi connectivity index (χ3n) is 6.33. The van der Waals surface area contributed by atoms with Crippen molar-refractivity contribution in [1.82, 2.24) is 14.9 Å². The van der Waals surface area contributed by atoms with E-state index in [-0.39, 0.29) is 40.8 Å². The molecule has 1 aliphatic rings. The number of nitrogens with one attached hydrogen (secondary N) is 1. The van der Waals surface area contributed by atoms with Crippen LogP contribution in [-0.2, 0) is 17.0 Å². The molecule has 1 aliphatic heterocycles. The van der Waals surface area contributed by atoms with E-state index in [0.717, 1.165) is 17.7 Å². The molecule has 4 rings (SSSR count). The summed E-state index contributed by atoms with van der Waals surface area (Å²) in [5.41, 5.74) is -0.401. The average molecular weight is 515 g/mol. The van der Waals surface area contributed by atoms with Gasteiger partial charge < -0.3 is 19.7 Å². The monoisotopic (exact) mass is 514 g/mol. The molecule has 0 fully saturated rings. The van der Waals surface area contributed by atoms with E-state index in [0.29, 0.717) is 24.5 Å². The van der Waals surface area contributed by atoms with E-state index >= 15 is 8.78 Å². The van der Waals surface area contributed by atoms with Gasteiger partial charge in [-0.15, -0.1) is 0 Å². The number of rotatable bonds is 9. The molecule has 196 valence electrons. The molecule has 1 N–H and O–H groups in total. The summed E-state index contributed by atoms with van der Waals surface area (Å²) in [6.45, 7) is 7.07. The number of halogens is 3. The molecule has 0 spiro atoms. The van der Waals surface area contributed by atoms with Crippen LogP contribution in [0, 0.1) is 11.6 Å². The van der Waals surface area contributed by atoms with Crippen LogP contribution in [0.15, 0.2) is 36.7 Å². The highest BCUT2D eigenvalue weighted by atomic mass is 19.1. The topological polar surface area (TPSA) is 76.6 Å². The Morgan fingerprint density at radius 2 is 1.92 bits per heavy atom. The van der Waals surface area contributed by atoms with Crippen molar-refractivity contribution in [2.75, 3.05) is 25.8 Å². The van der Waals surface area contributed by atoms with Gasteiger partial charge in [-0.1, -0.05) is 0 Å². The summed E-state index contributed by atoms with van der Waals surface area (Å²) in [6, 6.07) is 4.47. The Morgan fingerprint density at radius 3 is 2.59 bits per heavy atom. The Hall–Kier alpha value is -3.66. The van der Waals surface area contributed by atoms with Gasteiger partial charge in [0.15, 0.2) is 6.79 Å². The molecule has 3 aromatic rings. The number of benzene rings is 1. The second-order valence-electron chi connectivity index (χ2n) is 9.31. The van der Waals surface area contributed by atoms with Crippen LogP contribution in [0.1, 0.15) is 60.8 Å². The van der Waals surface area contributed by atoms with Crippen molar-refractivity contribution in [2.24, 2.45) is 0 Å². The van der Waals surface area contributed by atoms with Gasteiger partial charge in [-0.25, -0.2) is 18.2 Å². The minimum absolute atomic E-state index is 0.0646. The van der Waals surface area contributed by atoms with Gasteiger partial charge in [0.05, 0.1) is 24.5 Å². The van der Waals surface area contributed by atoms with Gasteiger partial charge >= 0.3 is 0 Å². The average Bonchev–Trinajstić information content (AvgIpc) is 3.19. The first-order valence-electron chi connectivity index (χ1n) is 11.9. The first kappa shape index (κ1) is 26.4. The number of amides is 1. The first-order valence-corrected chi connectivity index (χ1v) is 11.9. The first-order chi connectivity index (χ1) is 17.5. The summed E-state index contributed by atoms with van der Waals surface area (Å²) < 4.78 is 55.7. The lowest BCUT2D eigenvalue weighted by Crippen LogP contribution is -2.22. The lowest BCUT2D eigenvalue weighted by atomic mass is 9.96. The highest BCUT2D eigenvalue weighted by molar-refractivity contribution is 5.99. The summed E-state index contributed by atoms with van der Waals surface area (Å²) in [4.78, 5) is 22.7. The molecule has 1 amide bonds. The van der Waals surface area contributed by atoms with E-state index in [1.807, 2.05) is 6.92 Å². The SMILES string of the molecule is CCN1Cc2c(ccnc2NC(C)c2cc(F)c(-c3cc(C(C)(C)F)c(OCOC)cn3)cc2F)C1=O. The van der Waals surface area contributed by atoms with Gasteiger partial charge in [0.1, 0.15) is 28.9 Å². The number of carbonyl (C=O) groups excluding carboxylic acids is 1. The zero-order chi connectivity index (χ0) is 26.9. The predicted molar refractivity (Wildman–Crippen MR) is 133 cm³/mol. The molecule has 7 nitrogen and oxygen atoms in total. The van der Waals surface area contributed by atoms with Crippen molar-refractivity contribution < 1.29 is 27.4 Å². The van der Waals surface area contributed by atoms with Gasteiger partial charge in [-0.05, 0) is 52.0 Å². The third kappa shape index (κ3) is 5.24. The standard InChI is InChI=1S/C27H29F3N4O3/c1-6-34-13-19-16(26(34)35)7-8-31-25(19)33-15(2)17-9-22(29)18(10-21(17)28)23-11-20(27(3,4)30)24(12-32-23)37-14-36-5/h7-12,15H,6,13-14H2,1-5H3,(H,31,33). The quantitative estimate of drug-likeness (QED) is 0.366. The van der Waals surface area contributed by atoms with Gasteiger partial charge in [-0.2, -0.15) is 0 Å². The van der Waals surface area contributed by atoms with Crippen LogP contribution < -0.4 is 10.1 Å². The highest BCUT2D eigenvalue weighted by Crippen LogP contribution is 2.37. The number of fused-ring (bicyclic) bond motifs is 1. The molecule has 1 unspecified atom stereocenters. The molecular formula is C27H29F3N4O3. The molecule has 2 aromatic heterocycles. The van der Waals surface area contributed by atoms with Crippen molar-refractivity contribution in [1.29, 1.82) is 0 Å². The molecule has 0 bridgehead atoms. The molecule has 1 aromatic carbocycles. The number of aromatic nitrogens is 2. The molecule has 10 heteroatoms. The number of hydrogen-bond donors (Lipinski definition) is 1. The van der Waals surface area contributed by atoms with Gasteiger partial charge in [0, 0.05) is 47.7 Å². The number of anilines is 1. The lowest BCUT2D eigenvalue weighted by molar-refractivity contribution is 0.0477. The van der Waals surface area contributed by atoms with Crippen LogP contribution in [0.3, 0.4) is 0 Å². The highest BCUT2D eigenvalue weighted by Gasteiger charge is 2.30.